The monoisotopic (exact) mass is 690 g/mol. The molecule has 7 heterocycles. The number of hydrogen-bond donors (Lipinski definition) is 2. The molecule has 12 nitrogen and oxygen atoms in total. The summed E-state index contributed by atoms with van der Waals surface area (Å²) in [6.07, 6.45) is 2.02. The summed E-state index contributed by atoms with van der Waals surface area (Å²) in [5.74, 6) is -1.44. The van der Waals surface area contributed by atoms with Gasteiger partial charge in [-0.1, -0.05) is 11.3 Å². The van der Waals surface area contributed by atoms with Gasteiger partial charge in [0.05, 0.1) is 46.8 Å². The number of alkyl halides is 1. The average Bonchev–Trinajstić information content (AvgIpc) is 3.55. The van der Waals surface area contributed by atoms with Crippen LogP contribution in [-0.2, 0) is 14.8 Å². The van der Waals surface area contributed by atoms with E-state index in [0.717, 1.165) is 41.1 Å². The average molecular weight is 691 g/mol. The number of nitrogens with one attached hydrogen (secondary N) is 1. The fraction of sp³-hybridized carbons (Fsp3) is 0.567. The molecule has 17 heteroatoms. The van der Waals surface area contributed by atoms with Crippen LogP contribution in [0.1, 0.15) is 43.4 Å². The molecule has 0 radical (unpaired) electrons. The zero-order valence-corrected chi connectivity index (χ0v) is 26.9. The van der Waals surface area contributed by atoms with E-state index in [-0.39, 0.29) is 62.0 Å². The highest BCUT2D eigenvalue weighted by Crippen LogP contribution is 2.51. The maximum absolute atomic E-state index is 17.3. The van der Waals surface area contributed by atoms with Crippen molar-refractivity contribution in [2.45, 2.75) is 66.8 Å². The van der Waals surface area contributed by atoms with Crippen LogP contribution < -0.4 is 20.7 Å². The molecule has 6 aliphatic rings. The zero-order valence-electron chi connectivity index (χ0n) is 25.3. The number of aromatic nitrogens is 3. The van der Waals surface area contributed by atoms with Gasteiger partial charge in [0.1, 0.15) is 24.3 Å². The minimum Gasteiger partial charge on any atom is -0.461 e. The third-order valence-electron chi connectivity index (χ3n) is 10.3. The van der Waals surface area contributed by atoms with Gasteiger partial charge < -0.3 is 25.4 Å². The molecule has 1 aliphatic carbocycles. The molecule has 1 saturated carbocycles. The van der Waals surface area contributed by atoms with Crippen molar-refractivity contribution < 1.29 is 31.1 Å². The lowest BCUT2D eigenvalue weighted by Gasteiger charge is -2.47. The standard InChI is InChI=1S/C30H33F3N8O4S2/c31-15-8-30(6-1-7-39(30)11-15)14-45-29-37-23-21(33)24(19-4-5-20(32)25-22(19)36-28(34)46-25)41(16-2-3-16)47(42,43)26(23)27(38-29)40-17-9-35-10-18(40)13-44-12-17/h4-5,15-18,35H,1-3,6-14H2,(H2,34,36)/t15-,17?,18?,30+/m1/s1. The highest BCUT2D eigenvalue weighted by atomic mass is 32.2. The van der Waals surface area contributed by atoms with Gasteiger partial charge in [0, 0.05) is 37.7 Å². The number of nitrogens with zero attached hydrogens (tertiary/aromatic N) is 6. The molecule has 3 aromatic rings. The first-order valence-corrected chi connectivity index (χ1v) is 18.2. The Morgan fingerprint density at radius 3 is 2.68 bits per heavy atom. The van der Waals surface area contributed by atoms with Gasteiger partial charge in [-0.2, -0.15) is 9.97 Å². The normalized spacial score (nSPS) is 30.2. The maximum atomic E-state index is 17.3. The van der Waals surface area contributed by atoms with Crippen LogP contribution in [0.15, 0.2) is 17.0 Å². The van der Waals surface area contributed by atoms with Crippen molar-refractivity contribution in [2.75, 3.05) is 56.6 Å². The number of sulfonamides is 1. The Kier molecular flexibility index (Phi) is 6.75. The smallest absolute Gasteiger partial charge is 0.319 e. The minimum atomic E-state index is -4.46. The van der Waals surface area contributed by atoms with E-state index in [2.05, 4.69) is 20.2 Å². The fourth-order valence-corrected chi connectivity index (χ4v) is 10.8. The van der Waals surface area contributed by atoms with E-state index >= 15 is 4.39 Å². The number of benzene rings is 1. The fourth-order valence-electron chi connectivity index (χ4n) is 8.10. The Balaban J connectivity index is 1.25. The Morgan fingerprint density at radius 2 is 1.91 bits per heavy atom. The van der Waals surface area contributed by atoms with E-state index in [4.69, 9.17) is 20.2 Å². The Morgan fingerprint density at radius 1 is 1.13 bits per heavy atom. The number of hydrogen-bond acceptors (Lipinski definition) is 12. The molecular formula is C30H33F3N8O4S2. The largest absolute Gasteiger partial charge is 0.461 e. The summed E-state index contributed by atoms with van der Waals surface area (Å²) in [6.45, 7) is 2.83. The Hall–Kier alpha value is -3.25. The topological polar surface area (TPSA) is 139 Å². The molecule has 2 bridgehead atoms. The highest BCUT2D eigenvalue weighted by Gasteiger charge is 2.52. The first-order chi connectivity index (χ1) is 22.6. The van der Waals surface area contributed by atoms with E-state index in [1.807, 2.05) is 4.90 Å². The zero-order chi connectivity index (χ0) is 32.2. The molecule has 2 unspecified atom stereocenters. The molecule has 4 atom stereocenters. The summed E-state index contributed by atoms with van der Waals surface area (Å²) in [5.41, 5.74) is 4.90. The van der Waals surface area contributed by atoms with Gasteiger partial charge in [-0.15, -0.1) is 0 Å². The van der Waals surface area contributed by atoms with Gasteiger partial charge in [-0.3, -0.25) is 9.21 Å². The molecule has 47 heavy (non-hydrogen) atoms. The SMILES string of the molecule is Nc1nc2c(C3=C(F)c4nc(OC[C@@]56CCCN5C[C@H](F)C6)nc(N5C6CNCC5COC6)c4S(=O)(=O)N3C3CC3)ccc(F)c2s1. The Bertz CT molecular complexity index is 1920. The van der Waals surface area contributed by atoms with E-state index in [1.165, 1.54) is 6.07 Å². The van der Waals surface area contributed by atoms with Crippen molar-refractivity contribution in [1.82, 2.24) is 29.5 Å². The number of nitrogen functional groups attached to an aromatic ring is 1. The Labute approximate surface area is 272 Å². The van der Waals surface area contributed by atoms with E-state index in [1.54, 1.807) is 0 Å². The van der Waals surface area contributed by atoms with Crippen LogP contribution >= 0.6 is 11.3 Å². The quantitative estimate of drug-likeness (QED) is 0.395. The van der Waals surface area contributed by atoms with Crippen LogP contribution in [-0.4, -0.2) is 108 Å². The van der Waals surface area contributed by atoms with E-state index in [9.17, 15) is 17.2 Å². The van der Waals surface area contributed by atoms with Crippen molar-refractivity contribution in [2.24, 2.45) is 0 Å². The molecule has 4 saturated heterocycles. The minimum absolute atomic E-state index is 0.0578. The molecule has 2 aromatic heterocycles. The molecule has 250 valence electrons. The lowest BCUT2D eigenvalue weighted by molar-refractivity contribution is 0.0516. The van der Waals surface area contributed by atoms with Crippen LogP contribution in [0.4, 0.5) is 24.1 Å². The highest BCUT2D eigenvalue weighted by molar-refractivity contribution is 7.89. The predicted octanol–water partition coefficient (Wildman–Crippen LogP) is 2.90. The van der Waals surface area contributed by atoms with E-state index in [0.29, 0.717) is 52.1 Å². The number of fused-ring (bicyclic) bond motifs is 5. The number of ether oxygens (including phenoxy) is 2. The molecular weight excluding hydrogens is 658 g/mol. The van der Waals surface area contributed by atoms with Crippen LogP contribution in [0.3, 0.4) is 0 Å². The third-order valence-corrected chi connectivity index (χ3v) is 13.1. The third kappa shape index (κ3) is 4.56. The summed E-state index contributed by atoms with van der Waals surface area (Å²) < 4.78 is 89.6. The summed E-state index contributed by atoms with van der Waals surface area (Å²) in [5, 5.41) is 3.43. The summed E-state index contributed by atoms with van der Waals surface area (Å²) >= 11 is 0.906. The van der Waals surface area contributed by atoms with Crippen LogP contribution in [0, 0.1) is 5.82 Å². The van der Waals surface area contributed by atoms with Crippen LogP contribution in [0.2, 0.25) is 0 Å². The van der Waals surface area contributed by atoms with Crippen molar-refractivity contribution >= 4 is 54.1 Å². The molecule has 0 amide bonds. The molecule has 0 spiro atoms. The predicted molar refractivity (Wildman–Crippen MR) is 168 cm³/mol. The number of nitrogens with two attached hydrogens (primary N) is 1. The number of halogens is 3. The lowest BCUT2D eigenvalue weighted by atomic mass is 9.95. The van der Waals surface area contributed by atoms with Gasteiger partial charge in [-0.05, 0) is 44.4 Å². The van der Waals surface area contributed by atoms with Crippen LogP contribution in [0.25, 0.3) is 21.7 Å². The van der Waals surface area contributed by atoms with Crippen molar-refractivity contribution in [1.29, 1.82) is 0 Å². The summed E-state index contributed by atoms with van der Waals surface area (Å²) in [7, 11) is -4.46. The van der Waals surface area contributed by atoms with E-state index < -0.39 is 45.1 Å². The number of thiazole rings is 1. The second kappa shape index (κ2) is 10.6. The summed E-state index contributed by atoms with van der Waals surface area (Å²) in [4.78, 5) is 17.1. The van der Waals surface area contributed by atoms with Gasteiger partial charge in [0.15, 0.2) is 21.7 Å². The maximum Gasteiger partial charge on any atom is 0.319 e. The van der Waals surface area contributed by atoms with Gasteiger partial charge in [0.25, 0.3) is 10.0 Å². The van der Waals surface area contributed by atoms with Gasteiger partial charge in [0.2, 0.25) is 0 Å². The molecule has 1 aromatic carbocycles. The molecule has 5 fully saturated rings. The molecule has 9 rings (SSSR count). The number of piperazine rings is 1. The van der Waals surface area contributed by atoms with Crippen LogP contribution in [0.5, 0.6) is 6.01 Å². The first kappa shape index (κ1) is 29.9. The van der Waals surface area contributed by atoms with Crippen molar-refractivity contribution in [3.8, 4) is 6.01 Å². The molecule has 5 aliphatic heterocycles. The van der Waals surface area contributed by atoms with Crippen molar-refractivity contribution in [3.63, 3.8) is 0 Å². The first-order valence-electron chi connectivity index (χ1n) is 15.9. The second-order valence-electron chi connectivity index (χ2n) is 13.3. The molecule has 3 N–H and O–H groups in total. The number of morpholine rings is 1. The summed E-state index contributed by atoms with van der Waals surface area (Å²) in [6, 6.07) is 1.26. The second-order valence-corrected chi connectivity index (χ2v) is 16.1. The van der Waals surface area contributed by atoms with Gasteiger partial charge in [-0.25, -0.2) is 26.6 Å². The van der Waals surface area contributed by atoms with Crippen molar-refractivity contribution in [3.05, 3.63) is 29.2 Å². The van der Waals surface area contributed by atoms with Gasteiger partial charge >= 0.3 is 6.01 Å². The lowest BCUT2D eigenvalue weighted by Crippen LogP contribution is -2.64. The number of anilines is 2. The number of rotatable bonds is 6.